The smallest absolute Gasteiger partial charge is 0.173 e. The lowest BCUT2D eigenvalue weighted by Gasteiger charge is -2.06. The van der Waals surface area contributed by atoms with Crippen LogP contribution in [-0.2, 0) is 6.61 Å². The highest BCUT2D eigenvalue weighted by Gasteiger charge is 2.18. The van der Waals surface area contributed by atoms with Gasteiger partial charge in [0.05, 0.1) is 12.2 Å². The third-order valence-corrected chi connectivity index (χ3v) is 4.63. The summed E-state index contributed by atoms with van der Waals surface area (Å²) < 4.78 is 12.3. The Labute approximate surface area is 165 Å². The van der Waals surface area contributed by atoms with Gasteiger partial charge in [0.25, 0.3) is 0 Å². The quantitative estimate of drug-likeness (QED) is 0.425. The van der Waals surface area contributed by atoms with E-state index in [1.807, 2.05) is 78.9 Å². The van der Waals surface area contributed by atoms with Gasteiger partial charge in [0.1, 0.15) is 17.2 Å². The summed E-state index contributed by atoms with van der Waals surface area (Å²) in [5.74, 6) is 2.07. The zero-order valence-corrected chi connectivity index (χ0v) is 15.9. The Morgan fingerprint density at radius 1 is 0.852 bits per heavy atom. The first-order valence-electron chi connectivity index (χ1n) is 8.43. The summed E-state index contributed by atoms with van der Waals surface area (Å²) in [4.78, 5) is 0. The third-order valence-electron chi connectivity index (χ3n) is 4.14. The molecule has 4 rings (SSSR count). The number of para-hydroxylation sites is 1. The van der Waals surface area contributed by atoms with Crippen molar-refractivity contribution in [2.24, 2.45) is 0 Å². The Balaban J connectivity index is 1.64. The molecule has 0 aliphatic rings. The topological polar surface area (TPSA) is 55.5 Å². The lowest BCUT2D eigenvalue weighted by molar-refractivity contribution is 0.281. The van der Waals surface area contributed by atoms with Crippen LogP contribution in [0.15, 0.2) is 87.9 Å². The number of benzene rings is 3. The van der Waals surface area contributed by atoms with E-state index in [1.54, 1.807) is 0 Å². The summed E-state index contributed by atoms with van der Waals surface area (Å²) in [6.45, 7) is -0.164. The zero-order chi connectivity index (χ0) is 18.6. The lowest BCUT2D eigenvalue weighted by Crippen LogP contribution is -1.90. The maximum absolute atomic E-state index is 9.89. The molecule has 27 heavy (non-hydrogen) atoms. The minimum absolute atomic E-state index is 0.164. The minimum Gasteiger partial charge on any atom is -0.457 e. The van der Waals surface area contributed by atoms with Crippen molar-refractivity contribution in [3.63, 3.8) is 0 Å². The summed E-state index contributed by atoms with van der Waals surface area (Å²) in [7, 11) is 0. The molecular weight excluding hydrogens is 406 g/mol. The molecule has 5 heteroatoms. The van der Waals surface area contributed by atoms with Gasteiger partial charge < -0.3 is 14.4 Å². The van der Waals surface area contributed by atoms with E-state index in [0.29, 0.717) is 17.0 Å². The fraction of sp³-hybridized carbons (Fsp3) is 0.0455. The Hall–Kier alpha value is -2.89. The largest absolute Gasteiger partial charge is 0.457 e. The van der Waals surface area contributed by atoms with Gasteiger partial charge in [0.15, 0.2) is 5.76 Å². The maximum atomic E-state index is 9.89. The molecule has 0 fully saturated rings. The fourth-order valence-corrected chi connectivity index (χ4v) is 3.24. The summed E-state index contributed by atoms with van der Waals surface area (Å²) in [5.41, 5.74) is 2.99. The summed E-state index contributed by atoms with van der Waals surface area (Å²) in [6.07, 6.45) is 0. The molecule has 1 aromatic heterocycles. The number of aliphatic hydroxyl groups excluding tert-OH is 1. The summed E-state index contributed by atoms with van der Waals surface area (Å²) >= 11 is 3.45. The predicted molar refractivity (Wildman–Crippen MR) is 108 cm³/mol. The molecule has 0 bridgehead atoms. The predicted octanol–water partition coefficient (Wildman–Crippen LogP) is 6.06. The molecule has 0 radical (unpaired) electrons. The van der Waals surface area contributed by atoms with E-state index in [1.165, 1.54) is 0 Å². The van der Waals surface area contributed by atoms with E-state index in [0.717, 1.165) is 27.1 Å². The van der Waals surface area contributed by atoms with E-state index in [4.69, 9.17) is 9.26 Å². The highest BCUT2D eigenvalue weighted by Crippen LogP contribution is 2.34. The number of hydrogen-bond donors (Lipinski definition) is 1. The molecule has 4 nitrogen and oxygen atoms in total. The molecule has 0 aliphatic carbocycles. The van der Waals surface area contributed by atoms with Crippen molar-refractivity contribution in [1.29, 1.82) is 0 Å². The molecule has 0 unspecified atom stereocenters. The third kappa shape index (κ3) is 3.79. The van der Waals surface area contributed by atoms with Crippen molar-refractivity contribution in [3.8, 4) is 34.1 Å². The molecule has 134 valence electrons. The van der Waals surface area contributed by atoms with Gasteiger partial charge in [0, 0.05) is 15.6 Å². The van der Waals surface area contributed by atoms with Crippen molar-refractivity contribution in [2.45, 2.75) is 6.61 Å². The normalized spacial score (nSPS) is 10.7. The van der Waals surface area contributed by atoms with Crippen LogP contribution in [0.2, 0.25) is 0 Å². The molecule has 1 heterocycles. The lowest BCUT2D eigenvalue weighted by atomic mass is 10.0. The first-order chi connectivity index (χ1) is 13.2. The summed E-state index contributed by atoms with van der Waals surface area (Å²) in [6, 6.07) is 24.9. The molecule has 0 aliphatic heterocycles. The molecule has 0 spiro atoms. The Kier molecular flexibility index (Phi) is 5.05. The van der Waals surface area contributed by atoms with Crippen LogP contribution in [0.3, 0.4) is 0 Å². The number of halogens is 1. The SMILES string of the molecule is OCc1c(-c2ccc(Oc3ccccc3)cc2)noc1-c1cccc(Br)c1. The van der Waals surface area contributed by atoms with Crippen LogP contribution in [0, 0.1) is 0 Å². The molecule has 0 amide bonds. The van der Waals surface area contributed by atoms with Crippen LogP contribution < -0.4 is 4.74 Å². The van der Waals surface area contributed by atoms with E-state index < -0.39 is 0 Å². The van der Waals surface area contributed by atoms with Crippen molar-refractivity contribution >= 4 is 15.9 Å². The van der Waals surface area contributed by atoms with E-state index in [9.17, 15) is 5.11 Å². The minimum atomic E-state index is -0.164. The van der Waals surface area contributed by atoms with Crippen molar-refractivity contribution < 1.29 is 14.4 Å². The monoisotopic (exact) mass is 421 g/mol. The van der Waals surface area contributed by atoms with Crippen LogP contribution in [0.4, 0.5) is 0 Å². The van der Waals surface area contributed by atoms with Crippen LogP contribution in [0.1, 0.15) is 5.56 Å². The average molecular weight is 422 g/mol. The second kappa shape index (κ2) is 7.78. The number of hydrogen-bond acceptors (Lipinski definition) is 4. The van der Waals surface area contributed by atoms with Gasteiger partial charge in [-0.25, -0.2) is 0 Å². The van der Waals surface area contributed by atoms with Crippen LogP contribution in [0.5, 0.6) is 11.5 Å². The fourth-order valence-electron chi connectivity index (χ4n) is 2.84. The number of nitrogens with zero attached hydrogens (tertiary/aromatic N) is 1. The number of aromatic nitrogens is 1. The van der Waals surface area contributed by atoms with Gasteiger partial charge in [-0.3, -0.25) is 0 Å². The standard InChI is InChI=1S/C22H16BrNO3/c23-17-6-4-5-16(13-17)22-20(14-25)21(24-27-22)15-9-11-19(12-10-15)26-18-7-2-1-3-8-18/h1-13,25H,14H2. The van der Waals surface area contributed by atoms with E-state index in [-0.39, 0.29) is 6.61 Å². The molecule has 1 N–H and O–H groups in total. The van der Waals surface area contributed by atoms with E-state index >= 15 is 0 Å². The first kappa shape index (κ1) is 17.5. The van der Waals surface area contributed by atoms with Crippen LogP contribution >= 0.6 is 15.9 Å². The maximum Gasteiger partial charge on any atom is 0.173 e. The zero-order valence-electron chi connectivity index (χ0n) is 14.3. The van der Waals surface area contributed by atoms with Crippen molar-refractivity contribution in [2.75, 3.05) is 0 Å². The van der Waals surface area contributed by atoms with Crippen LogP contribution in [0.25, 0.3) is 22.6 Å². The highest BCUT2D eigenvalue weighted by atomic mass is 79.9. The molecule has 4 aromatic rings. The van der Waals surface area contributed by atoms with Gasteiger partial charge in [-0.05, 0) is 48.5 Å². The number of ether oxygens (including phenoxy) is 1. The number of aliphatic hydroxyl groups is 1. The van der Waals surface area contributed by atoms with Gasteiger partial charge in [0.2, 0.25) is 0 Å². The van der Waals surface area contributed by atoms with Crippen LogP contribution in [-0.4, -0.2) is 10.3 Å². The van der Waals surface area contributed by atoms with E-state index in [2.05, 4.69) is 21.1 Å². The molecule has 3 aromatic carbocycles. The van der Waals surface area contributed by atoms with Gasteiger partial charge in [-0.2, -0.15) is 0 Å². The summed E-state index contributed by atoms with van der Waals surface area (Å²) in [5, 5.41) is 14.1. The van der Waals surface area contributed by atoms with Crippen molar-refractivity contribution in [1.82, 2.24) is 5.16 Å². The first-order valence-corrected chi connectivity index (χ1v) is 9.22. The molecular formula is C22H16BrNO3. The highest BCUT2D eigenvalue weighted by molar-refractivity contribution is 9.10. The Bertz CT molecular complexity index is 1040. The Morgan fingerprint density at radius 2 is 1.59 bits per heavy atom. The van der Waals surface area contributed by atoms with Gasteiger partial charge in [-0.1, -0.05) is 51.4 Å². The molecule has 0 atom stereocenters. The molecule has 0 saturated carbocycles. The second-order valence-electron chi connectivity index (χ2n) is 5.95. The second-order valence-corrected chi connectivity index (χ2v) is 6.86. The van der Waals surface area contributed by atoms with Gasteiger partial charge in [-0.15, -0.1) is 0 Å². The Morgan fingerprint density at radius 3 is 2.30 bits per heavy atom. The number of rotatable bonds is 5. The van der Waals surface area contributed by atoms with Gasteiger partial charge >= 0.3 is 0 Å². The average Bonchev–Trinajstić information content (AvgIpc) is 3.13. The molecule has 0 saturated heterocycles. The van der Waals surface area contributed by atoms with Crippen molar-refractivity contribution in [3.05, 3.63) is 88.9 Å².